The van der Waals surface area contributed by atoms with Crippen molar-refractivity contribution in [3.05, 3.63) is 76.1 Å². The molecule has 2 aromatic carbocycles. The summed E-state index contributed by atoms with van der Waals surface area (Å²) in [7, 11) is 3.11. The number of nitrogens with one attached hydrogen (secondary N) is 1. The number of hydrogen-bond donors (Lipinski definition) is 1. The van der Waals surface area contributed by atoms with E-state index in [1.807, 2.05) is 24.3 Å². The van der Waals surface area contributed by atoms with E-state index in [1.165, 1.54) is 11.6 Å². The minimum atomic E-state index is -0.358. The van der Waals surface area contributed by atoms with Crippen LogP contribution in [-0.4, -0.2) is 43.1 Å². The molecule has 0 radical (unpaired) electrons. The molecular formula is C24H25N3O5. The van der Waals surface area contributed by atoms with E-state index in [1.54, 1.807) is 32.4 Å². The van der Waals surface area contributed by atoms with Gasteiger partial charge in [0, 0.05) is 18.2 Å². The second kappa shape index (κ2) is 9.65. The minimum absolute atomic E-state index is 0.186. The molecule has 1 aliphatic heterocycles. The van der Waals surface area contributed by atoms with Crippen molar-refractivity contribution in [3.8, 4) is 22.8 Å². The highest BCUT2D eigenvalue weighted by Gasteiger charge is 2.21. The Hall–Kier alpha value is -3.65. The number of ether oxygens (including phenoxy) is 3. The molecule has 2 heterocycles. The van der Waals surface area contributed by atoms with Gasteiger partial charge in [-0.1, -0.05) is 24.3 Å². The van der Waals surface area contributed by atoms with Crippen LogP contribution in [0.2, 0.25) is 0 Å². The maximum Gasteiger partial charge on any atom is 0.267 e. The van der Waals surface area contributed by atoms with E-state index in [-0.39, 0.29) is 24.1 Å². The molecule has 0 spiro atoms. The van der Waals surface area contributed by atoms with E-state index in [2.05, 4.69) is 16.5 Å². The first kappa shape index (κ1) is 21.6. The third-order valence-corrected chi connectivity index (χ3v) is 5.42. The van der Waals surface area contributed by atoms with Gasteiger partial charge in [0.05, 0.1) is 26.5 Å². The number of rotatable bonds is 7. The van der Waals surface area contributed by atoms with Crippen LogP contribution in [0.3, 0.4) is 0 Å². The van der Waals surface area contributed by atoms with Crippen LogP contribution in [0.5, 0.6) is 11.5 Å². The average Bonchev–Trinajstić information content (AvgIpc) is 2.83. The van der Waals surface area contributed by atoms with Gasteiger partial charge in [-0.2, -0.15) is 5.10 Å². The van der Waals surface area contributed by atoms with Crippen LogP contribution in [-0.2, 0) is 22.5 Å². The van der Waals surface area contributed by atoms with Gasteiger partial charge in [-0.15, -0.1) is 0 Å². The summed E-state index contributed by atoms with van der Waals surface area (Å²) in [5, 5.41) is 7.22. The van der Waals surface area contributed by atoms with Gasteiger partial charge in [0.1, 0.15) is 12.6 Å². The van der Waals surface area contributed by atoms with Crippen LogP contribution in [0.4, 0.5) is 0 Å². The van der Waals surface area contributed by atoms with Gasteiger partial charge < -0.3 is 19.5 Å². The highest BCUT2D eigenvalue weighted by Crippen LogP contribution is 2.31. The fourth-order valence-corrected chi connectivity index (χ4v) is 3.76. The third-order valence-electron chi connectivity index (χ3n) is 5.42. The molecule has 1 N–H and O–H groups in total. The Labute approximate surface area is 185 Å². The molecule has 166 valence electrons. The van der Waals surface area contributed by atoms with E-state index >= 15 is 0 Å². The van der Waals surface area contributed by atoms with Crippen LogP contribution in [0.1, 0.15) is 17.2 Å². The maximum atomic E-state index is 12.5. The lowest BCUT2D eigenvalue weighted by Gasteiger charge is -2.26. The summed E-state index contributed by atoms with van der Waals surface area (Å²) >= 11 is 0. The Bertz CT molecular complexity index is 1170. The molecule has 1 atom stereocenters. The number of benzene rings is 2. The zero-order chi connectivity index (χ0) is 22.5. The van der Waals surface area contributed by atoms with Gasteiger partial charge in [0.15, 0.2) is 11.5 Å². The standard InChI is InChI=1S/C24H25N3O5/c1-30-20-9-7-17(13-21(20)31-2)19-8-10-24(29)27(26-19)15-23(28)25-14-22-18-6-4-3-5-16(18)11-12-32-22/h3-10,13,22H,11-12,14-15H2,1-2H3,(H,25,28)/t22-/m0/s1. The van der Waals surface area contributed by atoms with Crippen LogP contribution < -0.4 is 20.3 Å². The summed E-state index contributed by atoms with van der Waals surface area (Å²) in [5.41, 5.74) is 3.25. The molecule has 0 aliphatic carbocycles. The van der Waals surface area contributed by atoms with Crippen LogP contribution >= 0.6 is 0 Å². The normalized spacial score (nSPS) is 15.0. The molecule has 1 aromatic heterocycles. The molecule has 8 heteroatoms. The predicted octanol–water partition coefficient (Wildman–Crippen LogP) is 2.36. The van der Waals surface area contributed by atoms with Gasteiger partial charge in [-0.25, -0.2) is 4.68 Å². The van der Waals surface area contributed by atoms with Gasteiger partial charge in [0.25, 0.3) is 5.56 Å². The third kappa shape index (κ3) is 4.65. The number of methoxy groups -OCH3 is 2. The van der Waals surface area contributed by atoms with Crippen molar-refractivity contribution in [1.82, 2.24) is 15.1 Å². The van der Waals surface area contributed by atoms with Gasteiger partial charge in [-0.05, 0) is 41.8 Å². The fraction of sp³-hybridized carbons (Fsp3) is 0.292. The molecule has 0 saturated carbocycles. The molecule has 0 saturated heterocycles. The Balaban J connectivity index is 1.46. The van der Waals surface area contributed by atoms with Gasteiger partial charge in [0.2, 0.25) is 5.91 Å². The lowest BCUT2D eigenvalue weighted by atomic mass is 9.97. The summed E-state index contributed by atoms with van der Waals surface area (Å²) in [6.07, 6.45) is 0.662. The first-order chi connectivity index (χ1) is 15.6. The summed E-state index contributed by atoms with van der Waals surface area (Å²) in [4.78, 5) is 24.8. The number of aromatic nitrogens is 2. The van der Waals surface area contributed by atoms with E-state index in [0.717, 1.165) is 22.2 Å². The SMILES string of the molecule is COc1ccc(-c2ccc(=O)n(CC(=O)NC[C@@H]3OCCc4ccccc43)n2)cc1OC. The van der Waals surface area contributed by atoms with Crippen molar-refractivity contribution in [2.75, 3.05) is 27.4 Å². The Morgan fingerprint density at radius 1 is 1.12 bits per heavy atom. The highest BCUT2D eigenvalue weighted by atomic mass is 16.5. The summed E-state index contributed by atoms with van der Waals surface area (Å²) in [6.45, 7) is 0.764. The molecule has 0 fully saturated rings. The van der Waals surface area contributed by atoms with Crippen molar-refractivity contribution in [1.29, 1.82) is 0 Å². The highest BCUT2D eigenvalue weighted by molar-refractivity contribution is 5.75. The zero-order valence-electron chi connectivity index (χ0n) is 18.0. The summed E-state index contributed by atoms with van der Waals surface area (Å²) in [5.74, 6) is 0.834. The predicted molar refractivity (Wildman–Crippen MR) is 119 cm³/mol. The largest absolute Gasteiger partial charge is 0.493 e. The smallest absolute Gasteiger partial charge is 0.267 e. The van der Waals surface area contributed by atoms with Crippen LogP contribution in [0.15, 0.2) is 59.4 Å². The van der Waals surface area contributed by atoms with E-state index in [9.17, 15) is 9.59 Å². The lowest BCUT2D eigenvalue weighted by molar-refractivity contribution is -0.122. The van der Waals surface area contributed by atoms with Crippen LogP contribution in [0, 0.1) is 0 Å². The number of nitrogens with zero attached hydrogens (tertiary/aromatic N) is 2. The number of carbonyl (C=O) groups is 1. The van der Waals surface area contributed by atoms with Crippen molar-refractivity contribution >= 4 is 5.91 Å². The van der Waals surface area contributed by atoms with E-state index < -0.39 is 0 Å². The number of carbonyl (C=O) groups excluding carboxylic acids is 1. The van der Waals surface area contributed by atoms with Gasteiger partial charge in [-0.3, -0.25) is 9.59 Å². The van der Waals surface area contributed by atoms with Crippen molar-refractivity contribution < 1.29 is 19.0 Å². The zero-order valence-corrected chi connectivity index (χ0v) is 18.0. The molecule has 8 nitrogen and oxygen atoms in total. The fourth-order valence-electron chi connectivity index (χ4n) is 3.76. The van der Waals surface area contributed by atoms with Gasteiger partial charge >= 0.3 is 0 Å². The number of hydrogen-bond acceptors (Lipinski definition) is 6. The van der Waals surface area contributed by atoms with Crippen molar-refractivity contribution in [2.24, 2.45) is 0 Å². The molecule has 0 bridgehead atoms. The topological polar surface area (TPSA) is 91.7 Å². The molecule has 32 heavy (non-hydrogen) atoms. The molecular weight excluding hydrogens is 410 g/mol. The molecule has 1 aliphatic rings. The second-order valence-electron chi connectivity index (χ2n) is 7.40. The molecule has 4 rings (SSSR count). The number of fused-ring (bicyclic) bond motifs is 1. The maximum absolute atomic E-state index is 12.5. The van der Waals surface area contributed by atoms with Crippen LogP contribution in [0.25, 0.3) is 11.3 Å². The lowest BCUT2D eigenvalue weighted by Crippen LogP contribution is -2.36. The Kier molecular flexibility index (Phi) is 6.51. The molecule has 1 amide bonds. The van der Waals surface area contributed by atoms with Crippen molar-refractivity contribution in [3.63, 3.8) is 0 Å². The summed E-state index contributed by atoms with van der Waals surface area (Å²) < 4.78 is 17.6. The summed E-state index contributed by atoms with van der Waals surface area (Å²) in [6, 6.07) is 16.4. The van der Waals surface area contributed by atoms with E-state index in [0.29, 0.717) is 30.3 Å². The van der Waals surface area contributed by atoms with Crippen molar-refractivity contribution in [2.45, 2.75) is 19.1 Å². The first-order valence-electron chi connectivity index (χ1n) is 10.4. The number of amides is 1. The Morgan fingerprint density at radius 3 is 2.75 bits per heavy atom. The monoisotopic (exact) mass is 435 g/mol. The Morgan fingerprint density at radius 2 is 1.94 bits per heavy atom. The second-order valence-corrected chi connectivity index (χ2v) is 7.40. The molecule has 0 unspecified atom stereocenters. The van der Waals surface area contributed by atoms with E-state index in [4.69, 9.17) is 14.2 Å². The molecule has 3 aromatic rings. The minimum Gasteiger partial charge on any atom is -0.493 e. The first-order valence-corrected chi connectivity index (χ1v) is 10.4. The average molecular weight is 435 g/mol. The quantitative estimate of drug-likeness (QED) is 0.613.